The van der Waals surface area contributed by atoms with Crippen LogP contribution in [0.25, 0.3) is 23.0 Å². The number of hydrogen-bond acceptors (Lipinski definition) is 9. The number of aryl methyl sites for hydroxylation is 3. The van der Waals surface area contributed by atoms with Gasteiger partial charge in [-0.05, 0) is 57.0 Å². The molecule has 0 saturated heterocycles. The van der Waals surface area contributed by atoms with Crippen molar-refractivity contribution in [2.75, 3.05) is 31.7 Å². The van der Waals surface area contributed by atoms with Crippen molar-refractivity contribution in [3.8, 4) is 28.7 Å². The van der Waals surface area contributed by atoms with E-state index in [1.165, 1.54) is 0 Å². The number of ether oxygens (including phenoxy) is 1. The van der Waals surface area contributed by atoms with Gasteiger partial charge < -0.3 is 24.4 Å². The van der Waals surface area contributed by atoms with Gasteiger partial charge in [0.15, 0.2) is 0 Å². The molecule has 0 aliphatic carbocycles. The lowest BCUT2D eigenvalue weighted by Crippen LogP contribution is -2.21. The number of aliphatic hydroxyl groups is 2. The molecule has 3 aromatic rings. The van der Waals surface area contributed by atoms with Crippen molar-refractivity contribution in [1.29, 1.82) is 0 Å². The van der Waals surface area contributed by atoms with Gasteiger partial charge in [0.1, 0.15) is 24.2 Å². The van der Waals surface area contributed by atoms with Crippen molar-refractivity contribution in [2.45, 2.75) is 33.8 Å². The van der Waals surface area contributed by atoms with Crippen LogP contribution >= 0.6 is 0 Å². The normalized spacial score (nSPS) is 12.1. The van der Waals surface area contributed by atoms with Crippen LogP contribution < -0.4 is 9.64 Å². The van der Waals surface area contributed by atoms with E-state index in [0.717, 1.165) is 28.9 Å². The lowest BCUT2D eigenvalue weighted by Gasteiger charge is -2.15. The molecule has 0 aliphatic rings. The Morgan fingerprint density at radius 2 is 1.80 bits per heavy atom. The third-order valence-corrected chi connectivity index (χ3v) is 4.65. The van der Waals surface area contributed by atoms with Crippen LogP contribution in [0.2, 0.25) is 0 Å². The lowest BCUT2D eigenvalue weighted by atomic mass is 10.1. The van der Waals surface area contributed by atoms with Crippen LogP contribution in [-0.2, 0) is 0 Å². The molecule has 0 aliphatic heterocycles. The molecule has 3 rings (SSSR count). The Morgan fingerprint density at radius 1 is 1.10 bits per heavy atom. The first-order chi connectivity index (χ1) is 14.3. The van der Waals surface area contributed by atoms with Gasteiger partial charge in [-0.2, -0.15) is 4.98 Å². The van der Waals surface area contributed by atoms with E-state index < -0.39 is 6.10 Å². The third-order valence-electron chi connectivity index (χ3n) is 4.65. The summed E-state index contributed by atoms with van der Waals surface area (Å²) in [4.78, 5) is 15.4. The Balaban J connectivity index is 1.89. The highest BCUT2D eigenvalue weighted by Crippen LogP contribution is 2.30. The minimum Gasteiger partial charge on any atom is -0.490 e. The second-order valence-corrected chi connectivity index (χ2v) is 7.22. The fraction of sp³-hybridized carbons (Fsp3) is 0.429. The molecule has 0 bridgehead atoms. The molecule has 0 saturated carbocycles. The fourth-order valence-corrected chi connectivity index (χ4v) is 2.96. The SMILES string of the molecule is CCN(C)c1nc(C)cc(-c2nc(-c3cc(C)c(OCC(O)CO)c(C)c3)no2)n1. The highest BCUT2D eigenvalue weighted by atomic mass is 16.5. The number of benzene rings is 1. The van der Waals surface area contributed by atoms with E-state index in [4.69, 9.17) is 14.4 Å². The zero-order chi connectivity index (χ0) is 21.8. The Morgan fingerprint density at radius 3 is 2.43 bits per heavy atom. The molecule has 2 heterocycles. The second-order valence-electron chi connectivity index (χ2n) is 7.22. The van der Waals surface area contributed by atoms with Crippen molar-refractivity contribution in [3.05, 3.63) is 35.0 Å². The van der Waals surface area contributed by atoms with E-state index in [-0.39, 0.29) is 13.2 Å². The summed E-state index contributed by atoms with van der Waals surface area (Å²) in [6.07, 6.45) is -0.920. The Bertz CT molecular complexity index is 997. The van der Waals surface area contributed by atoms with E-state index >= 15 is 0 Å². The van der Waals surface area contributed by atoms with Crippen LogP contribution in [0, 0.1) is 20.8 Å². The van der Waals surface area contributed by atoms with Crippen LogP contribution in [0.1, 0.15) is 23.7 Å². The maximum Gasteiger partial charge on any atom is 0.277 e. The Labute approximate surface area is 175 Å². The fourth-order valence-electron chi connectivity index (χ4n) is 2.96. The molecule has 9 heteroatoms. The van der Waals surface area contributed by atoms with Crippen molar-refractivity contribution >= 4 is 5.95 Å². The number of rotatable bonds is 8. The molecule has 30 heavy (non-hydrogen) atoms. The summed E-state index contributed by atoms with van der Waals surface area (Å²) in [7, 11) is 1.92. The van der Waals surface area contributed by atoms with Gasteiger partial charge in [0.25, 0.3) is 5.89 Å². The van der Waals surface area contributed by atoms with Crippen molar-refractivity contribution in [1.82, 2.24) is 20.1 Å². The van der Waals surface area contributed by atoms with Gasteiger partial charge in [-0.3, -0.25) is 0 Å². The minimum atomic E-state index is -0.920. The van der Waals surface area contributed by atoms with E-state index in [0.29, 0.717) is 29.1 Å². The van der Waals surface area contributed by atoms with Gasteiger partial charge >= 0.3 is 0 Å². The van der Waals surface area contributed by atoms with E-state index in [1.807, 2.05) is 57.8 Å². The smallest absolute Gasteiger partial charge is 0.277 e. The molecule has 1 atom stereocenters. The number of nitrogens with zero attached hydrogens (tertiary/aromatic N) is 5. The lowest BCUT2D eigenvalue weighted by molar-refractivity contribution is 0.0532. The van der Waals surface area contributed by atoms with E-state index in [1.54, 1.807) is 0 Å². The number of anilines is 1. The zero-order valence-electron chi connectivity index (χ0n) is 17.9. The average molecular weight is 413 g/mol. The van der Waals surface area contributed by atoms with E-state index in [2.05, 4.69) is 20.1 Å². The predicted molar refractivity (Wildman–Crippen MR) is 113 cm³/mol. The minimum absolute atomic E-state index is 0.0193. The van der Waals surface area contributed by atoms with Gasteiger partial charge in [-0.1, -0.05) is 5.16 Å². The quantitative estimate of drug-likeness (QED) is 0.573. The van der Waals surface area contributed by atoms with Gasteiger partial charge in [0, 0.05) is 24.8 Å². The molecule has 0 spiro atoms. The number of aliphatic hydroxyl groups excluding tert-OH is 2. The molecule has 2 N–H and O–H groups in total. The molecule has 0 fully saturated rings. The van der Waals surface area contributed by atoms with Crippen molar-refractivity contribution < 1.29 is 19.5 Å². The van der Waals surface area contributed by atoms with Crippen LogP contribution in [0.4, 0.5) is 5.95 Å². The van der Waals surface area contributed by atoms with Gasteiger partial charge in [0.05, 0.1) is 6.61 Å². The van der Waals surface area contributed by atoms with Crippen LogP contribution in [-0.4, -0.2) is 63.2 Å². The average Bonchev–Trinajstić information content (AvgIpc) is 3.22. The van der Waals surface area contributed by atoms with Crippen LogP contribution in [0.3, 0.4) is 0 Å². The Hall–Kier alpha value is -3.04. The van der Waals surface area contributed by atoms with Crippen LogP contribution in [0.15, 0.2) is 22.7 Å². The molecule has 2 aromatic heterocycles. The van der Waals surface area contributed by atoms with Crippen molar-refractivity contribution in [2.24, 2.45) is 0 Å². The molecule has 160 valence electrons. The van der Waals surface area contributed by atoms with Gasteiger partial charge in [-0.15, -0.1) is 0 Å². The zero-order valence-corrected chi connectivity index (χ0v) is 17.9. The molecule has 0 amide bonds. The van der Waals surface area contributed by atoms with Gasteiger partial charge in [0.2, 0.25) is 11.8 Å². The first-order valence-corrected chi connectivity index (χ1v) is 9.76. The molecule has 9 nitrogen and oxygen atoms in total. The second kappa shape index (κ2) is 9.19. The number of aromatic nitrogens is 4. The topological polar surface area (TPSA) is 118 Å². The molecular formula is C21H27N5O4. The first-order valence-electron chi connectivity index (χ1n) is 9.76. The molecule has 1 aromatic carbocycles. The maximum atomic E-state index is 9.51. The maximum absolute atomic E-state index is 9.51. The highest BCUT2D eigenvalue weighted by molar-refractivity contribution is 5.63. The number of hydrogen-bond donors (Lipinski definition) is 2. The summed E-state index contributed by atoms with van der Waals surface area (Å²) in [6, 6.07) is 5.60. The first kappa shape index (κ1) is 21.7. The summed E-state index contributed by atoms with van der Waals surface area (Å²) in [5.74, 6) is 2.03. The van der Waals surface area contributed by atoms with Crippen molar-refractivity contribution in [3.63, 3.8) is 0 Å². The van der Waals surface area contributed by atoms with Crippen LogP contribution in [0.5, 0.6) is 5.75 Å². The molecule has 1 unspecified atom stereocenters. The third kappa shape index (κ3) is 4.74. The standard InChI is InChI=1S/C21H27N5O4/c1-6-26(5)21-22-14(4)9-17(23-21)20-24-19(25-30-20)15-7-12(2)18(13(3)8-15)29-11-16(28)10-27/h7-9,16,27-28H,6,10-11H2,1-5H3. The Kier molecular flexibility index (Phi) is 6.63. The highest BCUT2D eigenvalue weighted by Gasteiger charge is 2.17. The molecular weight excluding hydrogens is 386 g/mol. The van der Waals surface area contributed by atoms with E-state index in [9.17, 15) is 5.11 Å². The molecule has 0 radical (unpaired) electrons. The van der Waals surface area contributed by atoms with Gasteiger partial charge in [-0.25, -0.2) is 9.97 Å². The summed E-state index contributed by atoms with van der Waals surface area (Å²) < 4.78 is 11.1. The summed E-state index contributed by atoms with van der Waals surface area (Å²) in [6.45, 7) is 8.18. The monoisotopic (exact) mass is 413 g/mol. The summed E-state index contributed by atoms with van der Waals surface area (Å²) in [5, 5.41) is 22.6. The predicted octanol–water partition coefficient (Wildman–Crippen LogP) is 2.31. The largest absolute Gasteiger partial charge is 0.490 e. The summed E-state index contributed by atoms with van der Waals surface area (Å²) in [5.41, 5.74) is 3.90. The summed E-state index contributed by atoms with van der Waals surface area (Å²) >= 11 is 0.